The van der Waals surface area contributed by atoms with Crippen molar-refractivity contribution in [1.82, 2.24) is 10.6 Å². The highest BCUT2D eigenvalue weighted by atomic mass is 19.1. The summed E-state index contributed by atoms with van der Waals surface area (Å²) in [5.41, 5.74) is 3.03. The molecule has 0 heterocycles. The maximum absolute atomic E-state index is 13.4. The monoisotopic (exact) mass is 418 g/mol. The Morgan fingerprint density at radius 3 is 2.16 bits per heavy atom. The minimum atomic E-state index is -0.278. The molecule has 2 N–H and O–H groups in total. The van der Waals surface area contributed by atoms with Gasteiger partial charge in [0.15, 0.2) is 0 Å². The van der Waals surface area contributed by atoms with Gasteiger partial charge in [0, 0.05) is 0 Å². The standard InChI is InChI=1S/C26H27FN2O2/c1-31-23-15-11-21(12-16-23)26(20-7-8-20)29-24(30)17-28-25(18-5-3-2-4-6-18)19-9-13-22(27)14-10-19/h2-6,9-16,20,25-26,28H,7-8,17H2,1H3,(H,29,30). The van der Waals surface area contributed by atoms with Crippen LogP contribution in [0.2, 0.25) is 0 Å². The molecule has 1 amide bonds. The van der Waals surface area contributed by atoms with E-state index in [-0.39, 0.29) is 30.4 Å². The zero-order chi connectivity index (χ0) is 21.6. The minimum absolute atomic E-state index is 0.00111. The van der Waals surface area contributed by atoms with Gasteiger partial charge in [0.1, 0.15) is 11.6 Å². The van der Waals surface area contributed by atoms with Gasteiger partial charge in [-0.25, -0.2) is 4.39 Å². The summed E-state index contributed by atoms with van der Waals surface area (Å²) in [4.78, 5) is 12.8. The van der Waals surface area contributed by atoms with Crippen molar-refractivity contribution in [3.8, 4) is 5.75 Å². The van der Waals surface area contributed by atoms with E-state index in [1.807, 2.05) is 54.6 Å². The van der Waals surface area contributed by atoms with Crippen molar-refractivity contribution < 1.29 is 13.9 Å². The summed E-state index contributed by atoms with van der Waals surface area (Å²) in [6, 6.07) is 23.9. The first kappa shape index (κ1) is 21.1. The van der Waals surface area contributed by atoms with Gasteiger partial charge in [-0.3, -0.25) is 10.1 Å². The molecule has 2 unspecified atom stereocenters. The number of methoxy groups -OCH3 is 1. The van der Waals surface area contributed by atoms with Crippen molar-refractivity contribution in [2.45, 2.75) is 24.9 Å². The fourth-order valence-corrected chi connectivity index (χ4v) is 3.86. The van der Waals surface area contributed by atoms with E-state index < -0.39 is 0 Å². The Labute approximate surface area is 182 Å². The molecule has 5 heteroatoms. The molecular weight excluding hydrogens is 391 g/mol. The van der Waals surface area contributed by atoms with Crippen LogP contribution in [0.3, 0.4) is 0 Å². The minimum Gasteiger partial charge on any atom is -0.497 e. The highest BCUT2D eigenvalue weighted by Gasteiger charge is 2.33. The molecule has 2 atom stereocenters. The first-order valence-electron chi connectivity index (χ1n) is 10.6. The molecule has 0 spiro atoms. The summed E-state index contributed by atoms with van der Waals surface area (Å²) in [5.74, 6) is 0.937. The SMILES string of the molecule is COc1ccc(C(NC(=O)CNC(c2ccccc2)c2ccc(F)cc2)C2CC2)cc1. The van der Waals surface area contributed by atoms with Gasteiger partial charge in [-0.2, -0.15) is 0 Å². The second-order valence-corrected chi connectivity index (χ2v) is 7.93. The van der Waals surface area contributed by atoms with E-state index in [9.17, 15) is 9.18 Å². The number of carbonyl (C=O) groups excluding carboxylic acids is 1. The van der Waals surface area contributed by atoms with Crippen LogP contribution in [-0.2, 0) is 4.79 Å². The van der Waals surface area contributed by atoms with Gasteiger partial charge in [0.2, 0.25) is 5.91 Å². The van der Waals surface area contributed by atoms with E-state index in [4.69, 9.17) is 4.74 Å². The second-order valence-electron chi connectivity index (χ2n) is 7.93. The largest absolute Gasteiger partial charge is 0.497 e. The third-order valence-electron chi connectivity index (χ3n) is 5.69. The number of amides is 1. The summed E-state index contributed by atoms with van der Waals surface area (Å²) in [6.45, 7) is 0.163. The highest BCUT2D eigenvalue weighted by Crippen LogP contribution is 2.41. The van der Waals surface area contributed by atoms with Crippen LogP contribution < -0.4 is 15.4 Å². The van der Waals surface area contributed by atoms with Crippen LogP contribution in [0.4, 0.5) is 4.39 Å². The molecule has 4 rings (SSSR count). The van der Waals surface area contributed by atoms with Crippen LogP contribution in [0.5, 0.6) is 5.75 Å². The Kier molecular flexibility index (Phi) is 6.63. The number of nitrogens with one attached hydrogen (secondary N) is 2. The van der Waals surface area contributed by atoms with Crippen LogP contribution >= 0.6 is 0 Å². The van der Waals surface area contributed by atoms with Gasteiger partial charge in [-0.1, -0.05) is 54.6 Å². The second kappa shape index (κ2) is 9.75. The zero-order valence-corrected chi connectivity index (χ0v) is 17.6. The summed E-state index contributed by atoms with van der Waals surface area (Å²) in [6.07, 6.45) is 2.24. The third kappa shape index (κ3) is 5.50. The number of ether oxygens (including phenoxy) is 1. The normalized spacial score (nSPS) is 15.2. The Morgan fingerprint density at radius 1 is 0.935 bits per heavy atom. The molecule has 3 aromatic carbocycles. The van der Waals surface area contributed by atoms with Crippen LogP contribution in [0.25, 0.3) is 0 Å². The molecule has 1 aliphatic rings. The number of carbonyl (C=O) groups is 1. The van der Waals surface area contributed by atoms with Crippen LogP contribution in [0.15, 0.2) is 78.9 Å². The smallest absolute Gasteiger partial charge is 0.234 e. The molecule has 4 nitrogen and oxygen atoms in total. The van der Waals surface area contributed by atoms with Crippen molar-refractivity contribution >= 4 is 5.91 Å². The van der Waals surface area contributed by atoms with E-state index in [0.29, 0.717) is 5.92 Å². The van der Waals surface area contributed by atoms with E-state index in [1.165, 1.54) is 12.1 Å². The number of rotatable bonds is 9. The van der Waals surface area contributed by atoms with Gasteiger partial charge >= 0.3 is 0 Å². The van der Waals surface area contributed by atoms with Gasteiger partial charge in [0.25, 0.3) is 0 Å². The zero-order valence-electron chi connectivity index (χ0n) is 17.6. The van der Waals surface area contributed by atoms with Crippen molar-refractivity contribution in [3.63, 3.8) is 0 Å². The maximum Gasteiger partial charge on any atom is 0.234 e. The predicted octanol–water partition coefficient (Wildman–Crippen LogP) is 4.78. The number of halogens is 1. The van der Waals surface area contributed by atoms with Crippen LogP contribution in [0, 0.1) is 11.7 Å². The lowest BCUT2D eigenvalue weighted by Gasteiger charge is -2.22. The molecule has 1 aliphatic carbocycles. The molecule has 3 aromatic rings. The number of hydrogen-bond donors (Lipinski definition) is 2. The first-order valence-corrected chi connectivity index (χ1v) is 10.6. The number of hydrogen-bond acceptors (Lipinski definition) is 3. The van der Waals surface area contributed by atoms with Crippen molar-refractivity contribution in [2.75, 3.05) is 13.7 Å². The van der Waals surface area contributed by atoms with Crippen molar-refractivity contribution in [1.29, 1.82) is 0 Å². The lowest BCUT2D eigenvalue weighted by molar-refractivity contribution is -0.121. The van der Waals surface area contributed by atoms with Crippen molar-refractivity contribution in [3.05, 3.63) is 101 Å². The summed E-state index contributed by atoms with van der Waals surface area (Å²) < 4.78 is 18.6. The average molecular weight is 419 g/mol. The summed E-state index contributed by atoms with van der Waals surface area (Å²) in [5, 5.41) is 6.55. The summed E-state index contributed by atoms with van der Waals surface area (Å²) >= 11 is 0. The Balaban J connectivity index is 1.44. The highest BCUT2D eigenvalue weighted by molar-refractivity contribution is 5.78. The van der Waals surface area contributed by atoms with E-state index in [2.05, 4.69) is 10.6 Å². The molecule has 0 bridgehead atoms. The Morgan fingerprint density at radius 2 is 1.55 bits per heavy atom. The van der Waals surface area contributed by atoms with Gasteiger partial charge in [-0.15, -0.1) is 0 Å². The molecule has 0 radical (unpaired) electrons. The molecular formula is C26H27FN2O2. The van der Waals surface area contributed by atoms with Gasteiger partial charge in [-0.05, 0) is 59.7 Å². The Hall–Kier alpha value is -3.18. The van der Waals surface area contributed by atoms with E-state index in [0.717, 1.165) is 35.3 Å². The predicted molar refractivity (Wildman–Crippen MR) is 119 cm³/mol. The van der Waals surface area contributed by atoms with Crippen LogP contribution in [-0.4, -0.2) is 19.6 Å². The summed E-state index contributed by atoms with van der Waals surface area (Å²) in [7, 11) is 1.64. The maximum atomic E-state index is 13.4. The first-order chi connectivity index (χ1) is 15.1. The van der Waals surface area contributed by atoms with Crippen molar-refractivity contribution in [2.24, 2.45) is 5.92 Å². The molecule has 0 saturated heterocycles. The molecule has 0 aliphatic heterocycles. The third-order valence-corrected chi connectivity index (χ3v) is 5.69. The molecule has 1 fully saturated rings. The average Bonchev–Trinajstić information content (AvgIpc) is 3.65. The fraction of sp³-hybridized carbons (Fsp3) is 0.269. The van der Waals surface area contributed by atoms with Gasteiger partial charge < -0.3 is 10.1 Å². The molecule has 160 valence electrons. The topological polar surface area (TPSA) is 50.4 Å². The van der Waals surface area contributed by atoms with E-state index >= 15 is 0 Å². The lowest BCUT2D eigenvalue weighted by Crippen LogP contribution is -2.38. The van der Waals surface area contributed by atoms with E-state index in [1.54, 1.807) is 19.2 Å². The molecule has 31 heavy (non-hydrogen) atoms. The lowest BCUT2D eigenvalue weighted by atomic mass is 9.98. The molecule has 0 aromatic heterocycles. The Bertz CT molecular complexity index is 986. The van der Waals surface area contributed by atoms with Crippen LogP contribution in [0.1, 0.15) is 41.6 Å². The molecule has 1 saturated carbocycles. The van der Waals surface area contributed by atoms with Gasteiger partial charge in [0.05, 0.1) is 25.7 Å². The number of benzene rings is 3. The quantitative estimate of drug-likeness (QED) is 0.526. The fourth-order valence-electron chi connectivity index (χ4n) is 3.86.